The van der Waals surface area contributed by atoms with Crippen molar-refractivity contribution in [2.75, 3.05) is 13.1 Å². The van der Waals surface area contributed by atoms with Gasteiger partial charge in [0.05, 0.1) is 10.4 Å². The molecule has 4 heteroatoms. The molecule has 2 N–H and O–H groups in total. The Balaban J connectivity index is 2.83. The van der Waals surface area contributed by atoms with Crippen LogP contribution in [-0.2, 0) is 4.79 Å². The van der Waals surface area contributed by atoms with Gasteiger partial charge >= 0.3 is 0 Å². The van der Waals surface area contributed by atoms with Crippen molar-refractivity contribution >= 4 is 23.1 Å². The molecule has 3 nitrogen and oxygen atoms in total. The second kappa shape index (κ2) is 7.22. The van der Waals surface area contributed by atoms with Gasteiger partial charge in [0.2, 0.25) is 5.91 Å². The monoisotopic (exact) mass is 284 g/mol. The smallest absolute Gasteiger partial charge is 0.235 e. The SMILES string of the molecule is CCC1CCCN(C(=O)C(CC)(CC)C(N)=S)CC1. The summed E-state index contributed by atoms with van der Waals surface area (Å²) >= 11 is 5.18. The van der Waals surface area contributed by atoms with Crippen molar-refractivity contribution in [1.82, 2.24) is 4.90 Å². The van der Waals surface area contributed by atoms with Gasteiger partial charge in [-0.2, -0.15) is 0 Å². The number of hydrogen-bond donors (Lipinski definition) is 1. The number of thiocarbonyl (C=S) groups is 1. The average molecular weight is 284 g/mol. The van der Waals surface area contributed by atoms with E-state index in [4.69, 9.17) is 18.0 Å². The number of likely N-dealkylation sites (tertiary alicyclic amines) is 1. The first-order chi connectivity index (χ1) is 9.01. The molecule has 1 atom stereocenters. The van der Waals surface area contributed by atoms with Gasteiger partial charge < -0.3 is 10.6 Å². The zero-order valence-corrected chi connectivity index (χ0v) is 13.4. The van der Waals surface area contributed by atoms with E-state index >= 15 is 0 Å². The zero-order chi connectivity index (χ0) is 14.5. The second-order valence-electron chi connectivity index (χ2n) is 5.65. The summed E-state index contributed by atoms with van der Waals surface area (Å²) in [5.41, 5.74) is 5.25. The van der Waals surface area contributed by atoms with Crippen molar-refractivity contribution in [3.63, 3.8) is 0 Å². The lowest BCUT2D eigenvalue weighted by Crippen LogP contribution is -2.50. The summed E-state index contributed by atoms with van der Waals surface area (Å²) in [6, 6.07) is 0. The molecule has 1 heterocycles. The first-order valence-corrected chi connectivity index (χ1v) is 8.01. The van der Waals surface area contributed by atoms with Crippen molar-refractivity contribution in [1.29, 1.82) is 0 Å². The maximum absolute atomic E-state index is 12.8. The van der Waals surface area contributed by atoms with Crippen LogP contribution in [0.5, 0.6) is 0 Å². The molecule has 1 aliphatic rings. The Morgan fingerprint density at radius 2 is 1.89 bits per heavy atom. The Hall–Kier alpha value is -0.640. The van der Waals surface area contributed by atoms with Crippen LogP contribution < -0.4 is 5.73 Å². The summed E-state index contributed by atoms with van der Waals surface area (Å²) in [6.07, 6.45) is 6.06. The van der Waals surface area contributed by atoms with Crippen LogP contribution in [0.3, 0.4) is 0 Å². The zero-order valence-electron chi connectivity index (χ0n) is 12.6. The van der Waals surface area contributed by atoms with Gasteiger partial charge in [-0.25, -0.2) is 0 Å². The molecular weight excluding hydrogens is 256 g/mol. The molecule has 1 unspecified atom stereocenters. The standard InChI is InChI=1S/C15H28N2OS/c1-4-12-8-7-10-17(11-9-12)14(18)15(5-2,6-3)13(16)19/h12H,4-11H2,1-3H3,(H2,16,19). The number of carbonyl (C=O) groups is 1. The lowest BCUT2D eigenvalue weighted by Gasteiger charge is -2.35. The largest absolute Gasteiger partial charge is 0.392 e. The second-order valence-corrected chi connectivity index (χ2v) is 6.09. The van der Waals surface area contributed by atoms with Gasteiger partial charge in [-0.15, -0.1) is 0 Å². The maximum Gasteiger partial charge on any atom is 0.235 e. The number of rotatable bonds is 5. The van der Waals surface area contributed by atoms with Crippen LogP contribution in [0.2, 0.25) is 0 Å². The summed E-state index contributed by atoms with van der Waals surface area (Å²) in [5, 5.41) is 0. The minimum absolute atomic E-state index is 0.154. The molecule has 0 aromatic heterocycles. The fourth-order valence-electron chi connectivity index (χ4n) is 3.09. The van der Waals surface area contributed by atoms with E-state index < -0.39 is 5.41 Å². The fourth-order valence-corrected chi connectivity index (χ4v) is 3.46. The number of nitrogens with zero attached hydrogens (tertiary/aromatic N) is 1. The Morgan fingerprint density at radius 3 is 2.37 bits per heavy atom. The molecule has 0 spiro atoms. The van der Waals surface area contributed by atoms with Gasteiger partial charge in [0.25, 0.3) is 0 Å². The van der Waals surface area contributed by atoms with E-state index in [1.54, 1.807) is 0 Å². The molecule has 1 aliphatic heterocycles. The highest BCUT2D eigenvalue weighted by molar-refractivity contribution is 7.80. The van der Waals surface area contributed by atoms with Crippen LogP contribution in [-0.4, -0.2) is 28.9 Å². The lowest BCUT2D eigenvalue weighted by atomic mass is 9.80. The molecule has 1 saturated heterocycles. The van der Waals surface area contributed by atoms with Gasteiger partial charge in [0, 0.05) is 13.1 Å². The van der Waals surface area contributed by atoms with E-state index in [-0.39, 0.29) is 5.91 Å². The van der Waals surface area contributed by atoms with Crippen molar-refractivity contribution in [2.45, 2.75) is 59.3 Å². The van der Waals surface area contributed by atoms with E-state index in [0.717, 1.165) is 31.8 Å². The molecular formula is C15H28N2OS. The normalized spacial score (nSPS) is 21.0. The Kier molecular flexibility index (Phi) is 6.24. The topological polar surface area (TPSA) is 46.3 Å². The third kappa shape index (κ3) is 3.47. The van der Waals surface area contributed by atoms with E-state index in [1.807, 2.05) is 18.7 Å². The molecule has 1 amide bonds. The van der Waals surface area contributed by atoms with Gasteiger partial charge in [-0.1, -0.05) is 39.4 Å². The Labute approximate surface area is 122 Å². The predicted octanol–water partition coefficient (Wildman–Crippen LogP) is 3.12. The lowest BCUT2D eigenvalue weighted by molar-refractivity contribution is -0.138. The summed E-state index contributed by atoms with van der Waals surface area (Å²) in [5.74, 6) is 0.919. The van der Waals surface area contributed by atoms with Crippen molar-refractivity contribution in [3.05, 3.63) is 0 Å². The van der Waals surface area contributed by atoms with E-state index in [9.17, 15) is 4.79 Å². The van der Waals surface area contributed by atoms with Crippen LogP contribution in [0.25, 0.3) is 0 Å². The number of hydrogen-bond acceptors (Lipinski definition) is 2. The van der Waals surface area contributed by atoms with E-state index in [0.29, 0.717) is 17.8 Å². The summed E-state index contributed by atoms with van der Waals surface area (Å²) in [4.78, 5) is 15.2. The van der Waals surface area contributed by atoms with Crippen LogP contribution in [0, 0.1) is 11.3 Å². The molecule has 0 aromatic carbocycles. The number of amides is 1. The van der Waals surface area contributed by atoms with Crippen LogP contribution in [0.15, 0.2) is 0 Å². The minimum Gasteiger partial charge on any atom is -0.392 e. The quantitative estimate of drug-likeness (QED) is 0.789. The maximum atomic E-state index is 12.8. The van der Waals surface area contributed by atoms with Gasteiger partial charge in [0.15, 0.2) is 0 Å². The number of carbonyl (C=O) groups excluding carboxylic acids is 1. The molecule has 19 heavy (non-hydrogen) atoms. The third-order valence-electron chi connectivity index (χ3n) is 4.80. The van der Waals surface area contributed by atoms with Crippen molar-refractivity contribution < 1.29 is 4.79 Å². The van der Waals surface area contributed by atoms with Crippen LogP contribution >= 0.6 is 12.2 Å². The van der Waals surface area contributed by atoms with Gasteiger partial charge in [-0.3, -0.25) is 4.79 Å². The molecule has 0 bridgehead atoms. The van der Waals surface area contributed by atoms with E-state index in [1.165, 1.54) is 12.8 Å². The molecule has 1 fully saturated rings. The molecule has 0 radical (unpaired) electrons. The Bertz CT molecular complexity index is 326. The molecule has 110 valence electrons. The minimum atomic E-state index is -0.624. The predicted molar refractivity (Wildman–Crippen MR) is 84.0 cm³/mol. The van der Waals surface area contributed by atoms with Gasteiger partial charge in [0.1, 0.15) is 0 Å². The molecule has 0 aliphatic carbocycles. The highest BCUT2D eigenvalue weighted by Gasteiger charge is 2.41. The van der Waals surface area contributed by atoms with Crippen LogP contribution in [0.1, 0.15) is 59.3 Å². The third-order valence-corrected chi connectivity index (χ3v) is 5.19. The summed E-state index contributed by atoms with van der Waals surface area (Å²) in [7, 11) is 0. The van der Waals surface area contributed by atoms with Gasteiger partial charge in [-0.05, 0) is 38.0 Å². The first kappa shape index (κ1) is 16.4. The van der Waals surface area contributed by atoms with Crippen molar-refractivity contribution in [3.8, 4) is 0 Å². The molecule has 0 aromatic rings. The van der Waals surface area contributed by atoms with E-state index in [2.05, 4.69) is 6.92 Å². The number of nitrogens with two attached hydrogens (primary N) is 1. The first-order valence-electron chi connectivity index (χ1n) is 7.61. The summed E-state index contributed by atoms with van der Waals surface area (Å²) in [6.45, 7) is 7.97. The highest BCUT2D eigenvalue weighted by atomic mass is 32.1. The Morgan fingerprint density at radius 1 is 1.26 bits per heavy atom. The average Bonchev–Trinajstić information content (AvgIpc) is 2.65. The highest BCUT2D eigenvalue weighted by Crippen LogP contribution is 2.31. The fraction of sp³-hybridized carbons (Fsp3) is 0.867. The summed E-state index contributed by atoms with van der Waals surface area (Å²) < 4.78 is 0. The molecule has 0 saturated carbocycles. The van der Waals surface area contributed by atoms with Crippen LogP contribution in [0.4, 0.5) is 0 Å². The van der Waals surface area contributed by atoms with Crippen molar-refractivity contribution in [2.24, 2.45) is 17.1 Å². The molecule has 1 rings (SSSR count).